The molecule has 5 aromatic rings. The van der Waals surface area contributed by atoms with Gasteiger partial charge in [-0.2, -0.15) is 5.26 Å². The molecule has 15 heteroatoms. The molecule has 0 atom stereocenters. The van der Waals surface area contributed by atoms with E-state index in [4.69, 9.17) is 30.2 Å². The molecule has 3 heterocycles. The van der Waals surface area contributed by atoms with E-state index < -0.39 is 15.8 Å². The SMILES string of the molecule is COc1cc(-c2c(C#N)c(N)nc3sc(C(=O)c4ccc(S(=O)(=O)Nc5cc(C)on5)cc4)c(N)c23)cc(OC)c1OC. The number of nitriles is 1. The number of nitrogens with one attached hydrogen (secondary N) is 1. The number of thiophene rings is 1. The smallest absolute Gasteiger partial charge is 0.263 e. The normalized spacial score (nSPS) is 11.2. The maximum atomic E-state index is 13.6. The zero-order chi connectivity index (χ0) is 31.1. The molecule has 0 radical (unpaired) electrons. The Balaban J connectivity index is 1.60. The number of carbonyl (C=O) groups is 1. The third kappa shape index (κ3) is 5.13. The number of anilines is 3. The number of nitrogens with two attached hydrogens (primary N) is 2. The number of nitrogens with zero attached hydrogens (tertiary/aromatic N) is 3. The van der Waals surface area contributed by atoms with Crippen LogP contribution in [0.2, 0.25) is 0 Å². The van der Waals surface area contributed by atoms with Gasteiger partial charge in [0, 0.05) is 22.6 Å². The second-order valence-corrected chi connectivity index (χ2v) is 11.8. The van der Waals surface area contributed by atoms with E-state index in [-0.39, 0.29) is 38.2 Å². The highest BCUT2D eigenvalue weighted by Crippen LogP contribution is 2.47. The van der Waals surface area contributed by atoms with Crippen LogP contribution in [-0.4, -0.2) is 45.7 Å². The monoisotopic (exact) mass is 620 g/mol. The lowest BCUT2D eigenvalue weighted by molar-refractivity contribution is 0.104. The van der Waals surface area contributed by atoms with E-state index in [0.29, 0.717) is 44.4 Å². The molecule has 2 aromatic carbocycles. The summed E-state index contributed by atoms with van der Waals surface area (Å²) in [6.07, 6.45) is 0. The van der Waals surface area contributed by atoms with E-state index in [0.717, 1.165) is 11.3 Å². The van der Waals surface area contributed by atoms with E-state index in [1.165, 1.54) is 51.7 Å². The Morgan fingerprint density at radius 3 is 2.23 bits per heavy atom. The van der Waals surface area contributed by atoms with Crippen LogP contribution in [-0.2, 0) is 10.0 Å². The van der Waals surface area contributed by atoms with Gasteiger partial charge in [-0.3, -0.25) is 9.52 Å². The fourth-order valence-corrected chi connectivity index (χ4v) is 6.55. The highest BCUT2D eigenvalue weighted by Gasteiger charge is 2.27. The molecule has 0 spiro atoms. The topological polar surface area (TPSA) is 206 Å². The van der Waals surface area contributed by atoms with Gasteiger partial charge in [-0.1, -0.05) is 5.16 Å². The predicted molar refractivity (Wildman–Crippen MR) is 160 cm³/mol. The number of hydrogen-bond donors (Lipinski definition) is 3. The molecule has 5 N–H and O–H groups in total. The van der Waals surface area contributed by atoms with Gasteiger partial charge < -0.3 is 30.2 Å². The molecule has 43 heavy (non-hydrogen) atoms. The van der Waals surface area contributed by atoms with Crippen molar-refractivity contribution in [3.63, 3.8) is 0 Å². The van der Waals surface area contributed by atoms with E-state index in [9.17, 15) is 18.5 Å². The van der Waals surface area contributed by atoms with Crippen molar-refractivity contribution in [2.24, 2.45) is 0 Å². The van der Waals surface area contributed by atoms with Crippen molar-refractivity contribution in [3.8, 4) is 34.4 Å². The molecule has 5 rings (SSSR count). The summed E-state index contributed by atoms with van der Waals surface area (Å²) in [6.45, 7) is 1.63. The Morgan fingerprint density at radius 2 is 1.70 bits per heavy atom. The van der Waals surface area contributed by atoms with Crippen molar-refractivity contribution in [2.75, 3.05) is 37.5 Å². The molecule has 0 aliphatic carbocycles. The van der Waals surface area contributed by atoms with Gasteiger partial charge in [0.25, 0.3) is 10.0 Å². The molecule has 0 saturated heterocycles. The number of pyridine rings is 1. The Kier molecular flexibility index (Phi) is 7.57. The van der Waals surface area contributed by atoms with Gasteiger partial charge in [-0.25, -0.2) is 13.4 Å². The van der Waals surface area contributed by atoms with Gasteiger partial charge in [0.1, 0.15) is 32.9 Å². The number of aromatic nitrogens is 2. The van der Waals surface area contributed by atoms with Crippen molar-refractivity contribution < 1.29 is 31.9 Å². The Labute approximate surface area is 249 Å². The summed E-state index contributed by atoms with van der Waals surface area (Å²) >= 11 is 0.999. The predicted octanol–water partition coefficient (Wildman–Crippen LogP) is 4.35. The van der Waals surface area contributed by atoms with Crippen molar-refractivity contribution >= 4 is 54.7 Å². The number of hydrogen-bond acceptors (Lipinski definition) is 13. The first-order valence-electron chi connectivity index (χ1n) is 12.4. The largest absolute Gasteiger partial charge is 0.493 e. The summed E-state index contributed by atoms with van der Waals surface area (Å²) in [6, 6.07) is 12.1. The van der Waals surface area contributed by atoms with Crippen molar-refractivity contribution in [1.29, 1.82) is 5.26 Å². The number of methoxy groups -OCH3 is 3. The summed E-state index contributed by atoms with van der Waals surface area (Å²) < 4.78 is 49.1. The van der Waals surface area contributed by atoms with E-state index in [2.05, 4.69) is 20.9 Å². The average Bonchev–Trinajstić information content (AvgIpc) is 3.55. The van der Waals surface area contributed by atoms with Crippen LogP contribution in [0.15, 0.2) is 51.9 Å². The second-order valence-electron chi connectivity index (χ2n) is 9.08. The van der Waals surface area contributed by atoms with Gasteiger partial charge in [-0.05, 0) is 48.9 Å². The van der Waals surface area contributed by atoms with Crippen LogP contribution in [0.1, 0.15) is 26.6 Å². The Morgan fingerprint density at radius 1 is 1.05 bits per heavy atom. The number of nitrogen functional groups attached to an aromatic ring is 2. The average molecular weight is 621 g/mol. The minimum Gasteiger partial charge on any atom is -0.493 e. The second kappa shape index (κ2) is 11.2. The zero-order valence-electron chi connectivity index (χ0n) is 23.2. The van der Waals surface area contributed by atoms with Gasteiger partial charge in [-0.15, -0.1) is 11.3 Å². The molecule has 0 unspecified atom stereocenters. The number of carbonyl (C=O) groups excluding carboxylic acids is 1. The molecule has 0 saturated carbocycles. The molecular weight excluding hydrogens is 596 g/mol. The molecule has 220 valence electrons. The highest BCUT2D eigenvalue weighted by molar-refractivity contribution is 7.92. The first kappa shape index (κ1) is 29.2. The van der Waals surface area contributed by atoms with Crippen molar-refractivity contribution in [1.82, 2.24) is 10.1 Å². The number of rotatable bonds is 9. The summed E-state index contributed by atoms with van der Waals surface area (Å²) in [5.74, 6) is 0.945. The van der Waals surface area contributed by atoms with Gasteiger partial charge in [0.2, 0.25) is 11.5 Å². The van der Waals surface area contributed by atoms with Crippen LogP contribution in [0.5, 0.6) is 17.2 Å². The first-order chi connectivity index (χ1) is 20.5. The maximum absolute atomic E-state index is 13.6. The van der Waals surface area contributed by atoms with Crippen LogP contribution in [0.25, 0.3) is 21.3 Å². The Hall–Kier alpha value is -5.33. The quantitative estimate of drug-likeness (QED) is 0.197. The van der Waals surface area contributed by atoms with Crippen LogP contribution in [0.4, 0.5) is 17.3 Å². The number of aryl methyl sites for hydroxylation is 1. The zero-order valence-corrected chi connectivity index (χ0v) is 24.8. The fraction of sp³-hybridized carbons (Fsp3) is 0.143. The minimum absolute atomic E-state index is 0.0297. The highest BCUT2D eigenvalue weighted by atomic mass is 32.2. The fourth-order valence-electron chi connectivity index (χ4n) is 4.49. The standard InChI is InChI=1S/C28H24N6O7S2/c1-13-9-20(33-41-13)34-43(36,37)16-7-5-14(6-8-16)24(35)26-23(30)22-21(17(12-29)27(31)32-28(22)42-26)15-10-18(38-2)25(40-4)19(11-15)39-3/h5-11H,30H2,1-4H3,(H2,31,32)(H,33,34). The van der Waals surface area contributed by atoms with Gasteiger partial charge >= 0.3 is 0 Å². The minimum atomic E-state index is -3.99. The molecule has 0 aliphatic heterocycles. The molecule has 13 nitrogen and oxygen atoms in total. The van der Waals surface area contributed by atoms with Crippen molar-refractivity contribution in [3.05, 3.63) is 64.2 Å². The third-order valence-electron chi connectivity index (χ3n) is 6.47. The maximum Gasteiger partial charge on any atom is 0.263 e. The van der Waals surface area contributed by atoms with E-state index >= 15 is 0 Å². The number of fused-ring (bicyclic) bond motifs is 1. The summed E-state index contributed by atoms with van der Waals surface area (Å²) in [5.41, 5.74) is 13.9. The summed E-state index contributed by atoms with van der Waals surface area (Å²) in [4.78, 5) is 18.3. The molecule has 3 aromatic heterocycles. The molecule has 0 fully saturated rings. The van der Waals surface area contributed by atoms with Crippen LogP contribution < -0.4 is 30.4 Å². The Bertz CT molecular complexity index is 2020. The summed E-state index contributed by atoms with van der Waals surface area (Å²) in [7, 11) is 0.393. The lowest BCUT2D eigenvalue weighted by atomic mass is 9.96. The lowest BCUT2D eigenvalue weighted by Gasteiger charge is -2.16. The third-order valence-corrected chi connectivity index (χ3v) is 8.94. The first-order valence-corrected chi connectivity index (χ1v) is 14.7. The number of ether oxygens (including phenoxy) is 3. The van der Waals surface area contributed by atoms with Crippen molar-refractivity contribution in [2.45, 2.75) is 11.8 Å². The summed E-state index contributed by atoms with van der Waals surface area (Å²) in [5, 5.41) is 14.0. The van der Waals surface area contributed by atoms with Crippen LogP contribution in [0, 0.1) is 18.3 Å². The molecule has 0 bridgehead atoms. The van der Waals surface area contributed by atoms with Crippen LogP contribution >= 0.6 is 11.3 Å². The van der Waals surface area contributed by atoms with E-state index in [1.54, 1.807) is 19.1 Å². The lowest BCUT2D eigenvalue weighted by Crippen LogP contribution is -2.13. The van der Waals surface area contributed by atoms with Gasteiger partial charge in [0.05, 0.1) is 31.9 Å². The van der Waals surface area contributed by atoms with Gasteiger partial charge in [0.15, 0.2) is 17.3 Å². The molecule has 0 amide bonds. The number of benzene rings is 2. The van der Waals surface area contributed by atoms with E-state index in [1.807, 2.05) is 0 Å². The van der Waals surface area contributed by atoms with Crippen LogP contribution in [0.3, 0.4) is 0 Å². The molecule has 0 aliphatic rings. The molecular formula is C28H24N6O7S2. The number of ketones is 1. The number of sulfonamides is 1.